The summed E-state index contributed by atoms with van der Waals surface area (Å²) in [5.74, 6) is -0.501. The average molecular weight is 433 g/mol. The van der Waals surface area contributed by atoms with E-state index in [2.05, 4.69) is 27.0 Å². The summed E-state index contributed by atoms with van der Waals surface area (Å²) < 4.78 is 3.82. The lowest BCUT2D eigenvalue weighted by molar-refractivity contribution is 0.0697. The Morgan fingerprint density at radius 3 is 2.28 bits per heavy atom. The van der Waals surface area contributed by atoms with Crippen LogP contribution in [0.3, 0.4) is 0 Å². The topological polar surface area (TPSA) is 64.2 Å². The van der Waals surface area contributed by atoms with Crippen molar-refractivity contribution in [2.45, 2.75) is 70.9 Å². The number of carboxylic acids is 1. The summed E-state index contributed by atoms with van der Waals surface area (Å²) in [7, 11) is 0. The highest BCUT2D eigenvalue weighted by Crippen LogP contribution is 2.33. The lowest BCUT2D eigenvalue weighted by atomic mass is 9.87. The molecule has 0 bridgehead atoms. The van der Waals surface area contributed by atoms with E-state index in [9.17, 15) is 14.7 Å². The lowest BCUT2D eigenvalue weighted by Gasteiger charge is -2.22. The van der Waals surface area contributed by atoms with Gasteiger partial charge in [0, 0.05) is 23.3 Å². The highest BCUT2D eigenvalue weighted by Gasteiger charge is 2.26. The second-order valence-electron chi connectivity index (χ2n) is 9.85. The number of benzene rings is 2. The van der Waals surface area contributed by atoms with E-state index >= 15 is 0 Å². The maximum Gasteiger partial charge on any atom is 0.336 e. The first-order valence-electron chi connectivity index (χ1n) is 11.5. The van der Waals surface area contributed by atoms with Crippen molar-refractivity contribution in [2.75, 3.05) is 0 Å². The molecule has 1 N–H and O–H groups in total. The second kappa shape index (κ2) is 8.81. The van der Waals surface area contributed by atoms with Gasteiger partial charge in [0.15, 0.2) is 0 Å². The molecule has 2 aromatic carbocycles. The smallest absolute Gasteiger partial charge is 0.336 e. The molecule has 0 unspecified atom stereocenters. The second-order valence-corrected chi connectivity index (χ2v) is 9.85. The first kappa shape index (κ1) is 22.1. The van der Waals surface area contributed by atoms with E-state index in [1.165, 1.54) is 19.3 Å². The number of hydrogen-bond acceptors (Lipinski definition) is 2. The fraction of sp³-hybridized carbons (Fsp3) is 0.407. The van der Waals surface area contributed by atoms with Crippen molar-refractivity contribution < 1.29 is 9.90 Å². The maximum atomic E-state index is 13.4. The first-order valence-corrected chi connectivity index (χ1v) is 11.5. The molecular weight excluding hydrogens is 400 g/mol. The summed E-state index contributed by atoms with van der Waals surface area (Å²) in [6, 6.07) is 14.9. The van der Waals surface area contributed by atoms with Crippen LogP contribution in [0.5, 0.6) is 0 Å². The van der Waals surface area contributed by atoms with Gasteiger partial charge in [-0.15, -0.1) is 0 Å². The van der Waals surface area contributed by atoms with E-state index in [1.807, 2.05) is 45.5 Å². The van der Waals surface area contributed by atoms with Gasteiger partial charge >= 0.3 is 11.7 Å². The molecule has 32 heavy (non-hydrogen) atoms. The van der Waals surface area contributed by atoms with Crippen molar-refractivity contribution >= 4 is 5.97 Å². The van der Waals surface area contributed by atoms with E-state index in [1.54, 1.807) is 12.1 Å². The van der Waals surface area contributed by atoms with Gasteiger partial charge in [-0.05, 0) is 56.4 Å². The molecule has 1 aliphatic carbocycles. The van der Waals surface area contributed by atoms with Crippen molar-refractivity contribution in [3.05, 3.63) is 82.0 Å². The number of aromatic nitrogens is 2. The molecule has 1 heterocycles. The molecular formula is C27H32N2O3. The summed E-state index contributed by atoms with van der Waals surface area (Å²) in [6.07, 6.45) is 8.07. The standard InChI is InChI=1S/C27H32N2O3/c1-27(2,3)29-18-24(21-9-5-4-6-10-21)28(26(29)32)17-19-13-15-20(16-14-19)22-11-7-8-12-23(22)25(30)31/h7-8,11-16,18,21H,4-6,9-10,17H2,1-3H3,(H,30,31). The van der Waals surface area contributed by atoms with Gasteiger partial charge in [-0.25, -0.2) is 9.59 Å². The van der Waals surface area contributed by atoms with E-state index in [-0.39, 0.29) is 11.2 Å². The number of nitrogens with zero attached hydrogens (tertiary/aromatic N) is 2. The van der Waals surface area contributed by atoms with Crippen LogP contribution in [0.25, 0.3) is 11.1 Å². The van der Waals surface area contributed by atoms with Gasteiger partial charge in [0.25, 0.3) is 0 Å². The summed E-state index contributed by atoms with van der Waals surface area (Å²) in [4.78, 5) is 24.9. The molecule has 0 atom stereocenters. The summed E-state index contributed by atoms with van der Waals surface area (Å²) >= 11 is 0. The Bertz CT molecular complexity index is 1160. The third-order valence-corrected chi connectivity index (χ3v) is 6.52. The zero-order valence-electron chi connectivity index (χ0n) is 19.2. The van der Waals surface area contributed by atoms with Gasteiger partial charge in [0.05, 0.1) is 12.1 Å². The van der Waals surface area contributed by atoms with Crippen LogP contribution in [0.1, 0.15) is 80.4 Å². The normalized spacial score (nSPS) is 15.1. The molecule has 0 amide bonds. The summed E-state index contributed by atoms with van der Waals surface area (Å²) in [5, 5.41) is 9.49. The van der Waals surface area contributed by atoms with E-state index in [4.69, 9.17) is 0 Å². The number of aromatic carboxylic acids is 1. The minimum Gasteiger partial charge on any atom is -0.478 e. The van der Waals surface area contributed by atoms with Crippen LogP contribution in [0.4, 0.5) is 0 Å². The number of carboxylic acid groups (broad SMARTS) is 1. The Kier molecular flexibility index (Phi) is 6.09. The Morgan fingerprint density at radius 1 is 1.00 bits per heavy atom. The molecule has 1 aliphatic rings. The molecule has 3 aromatic rings. The number of imidazole rings is 1. The third-order valence-electron chi connectivity index (χ3n) is 6.52. The SMILES string of the molecule is CC(C)(C)n1cc(C2CCCCC2)n(Cc2ccc(-c3ccccc3C(=O)O)cc2)c1=O. The van der Waals surface area contributed by atoms with Crippen molar-refractivity contribution in [1.29, 1.82) is 0 Å². The van der Waals surface area contributed by atoms with Crippen LogP contribution in [0, 0.1) is 0 Å². The number of rotatable bonds is 5. The van der Waals surface area contributed by atoms with Crippen molar-refractivity contribution in [2.24, 2.45) is 0 Å². The van der Waals surface area contributed by atoms with E-state index in [0.29, 0.717) is 23.6 Å². The van der Waals surface area contributed by atoms with Crippen LogP contribution >= 0.6 is 0 Å². The molecule has 0 aliphatic heterocycles. The maximum absolute atomic E-state index is 13.4. The van der Waals surface area contributed by atoms with E-state index < -0.39 is 5.97 Å². The Balaban J connectivity index is 1.68. The minimum atomic E-state index is -0.933. The number of carbonyl (C=O) groups is 1. The van der Waals surface area contributed by atoms with Crippen LogP contribution < -0.4 is 5.69 Å². The van der Waals surface area contributed by atoms with Gasteiger partial charge in [0.2, 0.25) is 0 Å². The molecule has 0 spiro atoms. The zero-order chi connectivity index (χ0) is 22.9. The van der Waals surface area contributed by atoms with Gasteiger partial charge < -0.3 is 5.11 Å². The minimum absolute atomic E-state index is 0.0402. The Hall–Kier alpha value is -3.08. The van der Waals surface area contributed by atoms with Gasteiger partial charge in [-0.1, -0.05) is 61.7 Å². The zero-order valence-corrected chi connectivity index (χ0v) is 19.2. The Labute approximate surface area is 189 Å². The fourth-order valence-corrected chi connectivity index (χ4v) is 4.75. The molecule has 0 saturated heterocycles. The molecule has 1 saturated carbocycles. The monoisotopic (exact) mass is 432 g/mol. The van der Waals surface area contributed by atoms with Gasteiger partial charge in [-0.2, -0.15) is 0 Å². The summed E-state index contributed by atoms with van der Waals surface area (Å²) in [6.45, 7) is 6.73. The third kappa shape index (κ3) is 4.43. The molecule has 5 heteroatoms. The van der Waals surface area contributed by atoms with Gasteiger partial charge in [0.1, 0.15) is 0 Å². The van der Waals surface area contributed by atoms with Crippen LogP contribution in [-0.4, -0.2) is 20.2 Å². The predicted molar refractivity (Wildman–Crippen MR) is 127 cm³/mol. The summed E-state index contributed by atoms with van der Waals surface area (Å²) in [5.41, 5.74) is 3.80. The van der Waals surface area contributed by atoms with E-state index in [0.717, 1.165) is 29.7 Å². The quantitative estimate of drug-likeness (QED) is 0.549. The van der Waals surface area contributed by atoms with Crippen molar-refractivity contribution in [3.63, 3.8) is 0 Å². The fourth-order valence-electron chi connectivity index (χ4n) is 4.75. The van der Waals surface area contributed by atoms with Crippen LogP contribution in [0.15, 0.2) is 59.5 Å². The molecule has 168 valence electrons. The highest BCUT2D eigenvalue weighted by molar-refractivity contribution is 5.95. The predicted octanol–water partition coefficient (Wildman–Crippen LogP) is 5.87. The molecule has 1 fully saturated rings. The molecule has 4 rings (SSSR count). The van der Waals surface area contributed by atoms with Gasteiger partial charge in [-0.3, -0.25) is 9.13 Å². The van der Waals surface area contributed by atoms with Crippen LogP contribution in [0.2, 0.25) is 0 Å². The molecule has 1 aromatic heterocycles. The van der Waals surface area contributed by atoms with Crippen LogP contribution in [-0.2, 0) is 12.1 Å². The lowest BCUT2D eigenvalue weighted by Crippen LogP contribution is -2.34. The highest BCUT2D eigenvalue weighted by atomic mass is 16.4. The largest absolute Gasteiger partial charge is 0.478 e. The van der Waals surface area contributed by atoms with Crippen molar-refractivity contribution in [1.82, 2.24) is 9.13 Å². The average Bonchev–Trinajstić information content (AvgIpc) is 3.11. The first-order chi connectivity index (χ1) is 15.3. The number of hydrogen-bond donors (Lipinski definition) is 1. The Morgan fingerprint density at radius 2 is 1.66 bits per heavy atom. The van der Waals surface area contributed by atoms with Crippen molar-refractivity contribution in [3.8, 4) is 11.1 Å². The molecule has 5 nitrogen and oxygen atoms in total. The molecule has 0 radical (unpaired) electrons.